The zero-order valence-electron chi connectivity index (χ0n) is 15.9. The van der Waals surface area contributed by atoms with Crippen LogP contribution in [-0.2, 0) is 0 Å². The Morgan fingerprint density at radius 2 is 1.79 bits per heavy atom. The van der Waals surface area contributed by atoms with Crippen LogP contribution in [0, 0.1) is 11.3 Å². The predicted octanol–water partition coefficient (Wildman–Crippen LogP) is 3.51. The Labute approximate surface area is 168 Å². The maximum atomic E-state index is 12.4. The number of amides is 1. The van der Waals surface area contributed by atoms with E-state index in [1.807, 2.05) is 24.3 Å². The third-order valence-corrected chi connectivity index (χ3v) is 4.02. The van der Waals surface area contributed by atoms with Gasteiger partial charge in [-0.25, -0.2) is 4.98 Å². The highest BCUT2D eigenvalue weighted by Crippen LogP contribution is 2.17. The van der Waals surface area contributed by atoms with Crippen LogP contribution in [0.15, 0.2) is 66.9 Å². The second kappa shape index (κ2) is 9.76. The second-order valence-electron chi connectivity index (χ2n) is 6.02. The molecule has 1 amide bonds. The highest BCUT2D eigenvalue weighted by molar-refractivity contribution is 5.94. The number of nitrogens with one attached hydrogen (secondary N) is 2. The summed E-state index contributed by atoms with van der Waals surface area (Å²) in [6.07, 6.45) is 1.56. The van der Waals surface area contributed by atoms with Crippen molar-refractivity contribution in [1.29, 1.82) is 5.26 Å². The summed E-state index contributed by atoms with van der Waals surface area (Å²) in [7, 11) is 1.61. The maximum absolute atomic E-state index is 12.4. The Hall–Kier alpha value is -4.05. The number of methoxy groups -OCH3 is 1. The van der Waals surface area contributed by atoms with Crippen molar-refractivity contribution < 1.29 is 14.3 Å². The molecule has 0 saturated carbocycles. The number of rotatable bonds is 8. The number of hydrogen-bond acceptors (Lipinski definition) is 6. The maximum Gasteiger partial charge on any atom is 0.251 e. The van der Waals surface area contributed by atoms with Crippen molar-refractivity contribution in [2.45, 2.75) is 0 Å². The number of ether oxygens (including phenoxy) is 2. The van der Waals surface area contributed by atoms with E-state index in [9.17, 15) is 4.79 Å². The van der Waals surface area contributed by atoms with Gasteiger partial charge in [0.2, 0.25) is 0 Å². The number of hydrogen-bond donors (Lipinski definition) is 2. The summed E-state index contributed by atoms with van der Waals surface area (Å²) in [6, 6.07) is 19.6. The molecule has 3 rings (SSSR count). The van der Waals surface area contributed by atoms with E-state index in [0.29, 0.717) is 35.8 Å². The van der Waals surface area contributed by atoms with E-state index in [2.05, 4.69) is 21.7 Å². The fraction of sp³-hybridized carbons (Fsp3) is 0.136. The second-order valence-corrected chi connectivity index (χ2v) is 6.02. The lowest BCUT2D eigenvalue weighted by Gasteiger charge is -2.10. The SMILES string of the molecule is COc1ccc(OCCNC(=O)c2ccnc(Nc3ccc(C#N)cc3)c2)cc1. The molecular weight excluding hydrogens is 368 g/mol. The fourth-order valence-corrected chi connectivity index (χ4v) is 2.52. The van der Waals surface area contributed by atoms with Crippen LogP contribution in [0.2, 0.25) is 0 Å². The minimum Gasteiger partial charge on any atom is -0.497 e. The number of pyridine rings is 1. The van der Waals surface area contributed by atoms with Crippen molar-refractivity contribution >= 4 is 17.4 Å². The minimum absolute atomic E-state index is 0.214. The summed E-state index contributed by atoms with van der Waals surface area (Å²) in [5.41, 5.74) is 1.84. The van der Waals surface area contributed by atoms with Gasteiger partial charge in [0, 0.05) is 17.4 Å². The first-order valence-electron chi connectivity index (χ1n) is 8.96. The average Bonchev–Trinajstić information content (AvgIpc) is 2.77. The Kier molecular flexibility index (Phi) is 6.63. The lowest BCUT2D eigenvalue weighted by atomic mass is 10.2. The number of carbonyl (C=O) groups excluding carboxylic acids is 1. The fourth-order valence-electron chi connectivity index (χ4n) is 2.52. The van der Waals surface area contributed by atoms with Crippen molar-refractivity contribution in [1.82, 2.24) is 10.3 Å². The normalized spacial score (nSPS) is 9.93. The molecule has 0 fully saturated rings. The first-order valence-corrected chi connectivity index (χ1v) is 8.96. The standard InChI is InChI=1S/C22H20N4O3/c1-28-19-6-8-20(9-7-19)29-13-12-25-22(27)17-10-11-24-21(14-17)26-18-4-2-16(15-23)3-5-18/h2-11,14H,12-13H2,1H3,(H,24,26)(H,25,27). The molecule has 1 heterocycles. The van der Waals surface area contributed by atoms with Crippen LogP contribution in [0.5, 0.6) is 11.5 Å². The van der Waals surface area contributed by atoms with Gasteiger partial charge >= 0.3 is 0 Å². The van der Waals surface area contributed by atoms with Gasteiger partial charge in [-0.3, -0.25) is 4.79 Å². The van der Waals surface area contributed by atoms with E-state index in [-0.39, 0.29) is 5.91 Å². The molecule has 7 heteroatoms. The van der Waals surface area contributed by atoms with Crippen LogP contribution < -0.4 is 20.1 Å². The summed E-state index contributed by atoms with van der Waals surface area (Å²) in [5, 5.41) is 14.8. The Balaban J connectivity index is 1.50. The number of benzene rings is 2. The molecule has 0 spiro atoms. The first-order chi connectivity index (χ1) is 14.2. The molecule has 0 bridgehead atoms. The molecule has 7 nitrogen and oxygen atoms in total. The quantitative estimate of drug-likeness (QED) is 0.573. The summed E-state index contributed by atoms with van der Waals surface area (Å²) in [6.45, 7) is 0.713. The number of nitriles is 1. The van der Waals surface area contributed by atoms with Gasteiger partial charge in [-0.2, -0.15) is 5.26 Å². The van der Waals surface area contributed by atoms with E-state index >= 15 is 0 Å². The van der Waals surface area contributed by atoms with Gasteiger partial charge in [-0.1, -0.05) is 0 Å². The van der Waals surface area contributed by atoms with E-state index < -0.39 is 0 Å². The minimum atomic E-state index is -0.214. The van der Waals surface area contributed by atoms with E-state index in [0.717, 1.165) is 11.4 Å². The first kappa shape index (κ1) is 19.7. The van der Waals surface area contributed by atoms with Gasteiger partial charge in [0.05, 0.1) is 25.3 Å². The highest BCUT2D eigenvalue weighted by Gasteiger charge is 2.07. The summed E-state index contributed by atoms with van der Waals surface area (Å²) in [4.78, 5) is 16.6. The molecular formula is C22H20N4O3. The number of nitrogens with zero attached hydrogens (tertiary/aromatic N) is 2. The van der Waals surface area contributed by atoms with Gasteiger partial charge in [-0.05, 0) is 60.7 Å². The molecule has 3 aromatic rings. The van der Waals surface area contributed by atoms with E-state index in [1.54, 1.807) is 49.7 Å². The van der Waals surface area contributed by atoms with Crippen LogP contribution in [0.25, 0.3) is 0 Å². The molecule has 0 aliphatic rings. The van der Waals surface area contributed by atoms with Crippen LogP contribution in [0.4, 0.5) is 11.5 Å². The van der Waals surface area contributed by atoms with Crippen molar-refractivity contribution in [3.8, 4) is 17.6 Å². The van der Waals surface area contributed by atoms with Gasteiger partial charge in [-0.15, -0.1) is 0 Å². The Morgan fingerprint density at radius 3 is 2.48 bits per heavy atom. The summed E-state index contributed by atoms with van der Waals surface area (Å²) >= 11 is 0. The Bertz CT molecular complexity index is 996. The van der Waals surface area contributed by atoms with Gasteiger partial charge in [0.15, 0.2) is 0 Å². The van der Waals surface area contributed by atoms with E-state index in [1.165, 1.54) is 0 Å². The lowest BCUT2D eigenvalue weighted by molar-refractivity contribution is 0.0947. The zero-order valence-corrected chi connectivity index (χ0v) is 15.9. The largest absolute Gasteiger partial charge is 0.497 e. The monoisotopic (exact) mass is 388 g/mol. The smallest absolute Gasteiger partial charge is 0.251 e. The molecule has 29 heavy (non-hydrogen) atoms. The highest BCUT2D eigenvalue weighted by atomic mass is 16.5. The van der Waals surface area contributed by atoms with E-state index in [4.69, 9.17) is 14.7 Å². The van der Waals surface area contributed by atoms with Crippen molar-refractivity contribution in [2.75, 3.05) is 25.6 Å². The zero-order chi connectivity index (χ0) is 20.5. The molecule has 0 aliphatic heterocycles. The number of aromatic nitrogens is 1. The van der Waals surface area contributed by atoms with Gasteiger partial charge in [0.1, 0.15) is 23.9 Å². The molecule has 2 aromatic carbocycles. The van der Waals surface area contributed by atoms with Gasteiger partial charge < -0.3 is 20.1 Å². The van der Waals surface area contributed by atoms with Crippen LogP contribution in [-0.4, -0.2) is 31.2 Å². The molecule has 2 N–H and O–H groups in total. The topological polar surface area (TPSA) is 96.3 Å². The average molecular weight is 388 g/mol. The summed E-state index contributed by atoms with van der Waals surface area (Å²) < 4.78 is 10.7. The summed E-state index contributed by atoms with van der Waals surface area (Å²) in [5.74, 6) is 1.79. The van der Waals surface area contributed by atoms with Gasteiger partial charge in [0.25, 0.3) is 5.91 Å². The number of carbonyl (C=O) groups is 1. The predicted molar refractivity (Wildman–Crippen MR) is 109 cm³/mol. The molecule has 1 aromatic heterocycles. The van der Waals surface area contributed by atoms with Crippen molar-refractivity contribution in [3.63, 3.8) is 0 Å². The third kappa shape index (κ3) is 5.71. The molecule has 0 radical (unpaired) electrons. The Morgan fingerprint density at radius 1 is 1.07 bits per heavy atom. The molecule has 0 atom stereocenters. The lowest BCUT2D eigenvalue weighted by Crippen LogP contribution is -2.28. The van der Waals surface area contributed by atoms with Crippen LogP contribution >= 0.6 is 0 Å². The molecule has 0 aliphatic carbocycles. The van der Waals surface area contributed by atoms with Crippen molar-refractivity contribution in [2.24, 2.45) is 0 Å². The molecule has 0 unspecified atom stereocenters. The van der Waals surface area contributed by atoms with Crippen molar-refractivity contribution in [3.05, 3.63) is 78.0 Å². The van der Waals surface area contributed by atoms with Crippen LogP contribution in [0.3, 0.4) is 0 Å². The third-order valence-electron chi connectivity index (χ3n) is 4.02. The number of anilines is 2. The molecule has 0 saturated heterocycles. The van der Waals surface area contributed by atoms with Crippen LogP contribution in [0.1, 0.15) is 15.9 Å². The molecule has 146 valence electrons.